The molecule has 1 saturated heterocycles. The third-order valence-corrected chi connectivity index (χ3v) is 8.94. The van der Waals surface area contributed by atoms with Gasteiger partial charge in [-0.05, 0) is 54.3 Å². The third-order valence-electron chi connectivity index (χ3n) is 7.50. The number of aliphatic hydroxyl groups excluding tert-OH is 1. The Morgan fingerprint density at radius 3 is 2.67 bits per heavy atom. The number of carbonyl (C=O) groups is 1. The van der Waals surface area contributed by atoms with Gasteiger partial charge in [-0.25, -0.2) is 15.1 Å². The first-order valence-corrected chi connectivity index (χ1v) is 15.4. The van der Waals surface area contributed by atoms with Gasteiger partial charge in [0.2, 0.25) is 5.78 Å². The first-order chi connectivity index (χ1) is 18.7. The Bertz CT molecular complexity index is 1380. The van der Waals surface area contributed by atoms with Gasteiger partial charge in [0.05, 0.1) is 28.8 Å². The van der Waals surface area contributed by atoms with Crippen LogP contribution >= 0.6 is 11.3 Å². The van der Waals surface area contributed by atoms with E-state index in [0.717, 1.165) is 38.3 Å². The van der Waals surface area contributed by atoms with E-state index in [9.17, 15) is 18.3 Å². The van der Waals surface area contributed by atoms with Gasteiger partial charge in [-0.15, -0.1) is 11.3 Å². The van der Waals surface area contributed by atoms with Crippen LogP contribution in [0.1, 0.15) is 39.3 Å². The topological polar surface area (TPSA) is 139 Å². The fraction of sp³-hybridized carbons (Fsp3) is 0.444. The molecule has 0 spiro atoms. The molecule has 39 heavy (non-hydrogen) atoms. The van der Waals surface area contributed by atoms with Crippen molar-refractivity contribution in [2.45, 2.75) is 31.9 Å². The van der Waals surface area contributed by atoms with Gasteiger partial charge in [-0.2, -0.15) is 8.42 Å². The van der Waals surface area contributed by atoms with E-state index in [1.807, 2.05) is 17.5 Å². The van der Waals surface area contributed by atoms with Crippen molar-refractivity contribution >= 4 is 33.1 Å². The van der Waals surface area contributed by atoms with Crippen molar-refractivity contribution in [3.8, 4) is 0 Å². The molecular weight excluding hydrogens is 538 g/mol. The Hall–Kier alpha value is -2.74. The van der Waals surface area contributed by atoms with E-state index in [1.165, 1.54) is 23.4 Å². The SMILES string of the molecule is NS(=O)(=O)OC[C@H]1C[C@@H](Cc2ncncc2C(=O)c2cc(CN3CCN(c4ccccc4)CC3)cs2)C[C@@H]1O. The van der Waals surface area contributed by atoms with Gasteiger partial charge in [-0.3, -0.25) is 13.9 Å². The molecule has 5 rings (SSSR count). The van der Waals surface area contributed by atoms with Gasteiger partial charge in [0.1, 0.15) is 6.33 Å². The van der Waals surface area contributed by atoms with Gasteiger partial charge in [0.25, 0.3) is 0 Å². The Balaban J connectivity index is 1.18. The highest BCUT2D eigenvalue weighted by Gasteiger charge is 2.35. The van der Waals surface area contributed by atoms with Crippen molar-refractivity contribution in [3.63, 3.8) is 0 Å². The number of aliphatic hydroxyl groups is 1. The van der Waals surface area contributed by atoms with Crippen molar-refractivity contribution < 1.29 is 22.5 Å². The highest BCUT2D eigenvalue weighted by molar-refractivity contribution is 7.84. The number of carbonyl (C=O) groups excluding carboxylic acids is 1. The number of hydrogen-bond donors (Lipinski definition) is 2. The van der Waals surface area contributed by atoms with E-state index in [-0.39, 0.29) is 24.2 Å². The number of nitrogens with two attached hydrogens (primary N) is 1. The maximum Gasteiger partial charge on any atom is 0.333 e. The van der Waals surface area contributed by atoms with Crippen molar-refractivity contribution in [1.82, 2.24) is 14.9 Å². The zero-order valence-electron chi connectivity index (χ0n) is 21.6. The summed E-state index contributed by atoms with van der Waals surface area (Å²) in [6.45, 7) is 4.49. The van der Waals surface area contributed by atoms with Crippen LogP contribution in [0.25, 0.3) is 0 Å². The zero-order valence-corrected chi connectivity index (χ0v) is 23.2. The lowest BCUT2D eigenvalue weighted by atomic mass is 9.96. The van der Waals surface area contributed by atoms with E-state index in [0.29, 0.717) is 35.4 Å². The Labute approximate surface area is 232 Å². The smallest absolute Gasteiger partial charge is 0.333 e. The van der Waals surface area contributed by atoms with Crippen LogP contribution in [0, 0.1) is 11.8 Å². The molecule has 2 aromatic heterocycles. The van der Waals surface area contributed by atoms with E-state index >= 15 is 0 Å². The zero-order chi connectivity index (χ0) is 27.4. The number of piperazine rings is 1. The molecule has 3 atom stereocenters. The summed E-state index contributed by atoms with van der Waals surface area (Å²) < 4.78 is 26.9. The first kappa shape index (κ1) is 27.8. The highest BCUT2D eigenvalue weighted by Crippen LogP contribution is 2.34. The van der Waals surface area contributed by atoms with Crippen LogP contribution in [0.3, 0.4) is 0 Å². The largest absolute Gasteiger partial charge is 0.393 e. The monoisotopic (exact) mass is 571 g/mol. The Kier molecular flexibility index (Phi) is 8.70. The summed E-state index contributed by atoms with van der Waals surface area (Å²) in [6, 6.07) is 12.4. The summed E-state index contributed by atoms with van der Waals surface area (Å²) in [6.07, 6.45) is 3.78. The number of anilines is 1. The van der Waals surface area contributed by atoms with Crippen LogP contribution in [-0.4, -0.2) is 73.1 Å². The Morgan fingerprint density at radius 2 is 1.92 bits per heavy atom. The standard InChI is InChI=1S/C27H33N5O5S2/c28-39(35,36)37-16-21-10-19(12-25(21)33)11-24-23(14-29-18-30-24)27(34)26-13-20(17-38-26)15-31-6-8-32(9-7-31)22-4-2-1-3-5-22/h1-5,13-14,17-19,21,25,33H,6-12,15-16H2,(H2,28,35,36)/t19-,21+,25-/m0/s1. The van der Waals surface area contributed by atoms with Crippen LogP contribution in [0.5, 0.6) is 0 Å². The lowest BCUT2D eigenvalue weighted by Gasteiger charge is -2.36. The predicted molar refractivity (Wildman–Crippen MR) is 149 cm³/mol. The molecular formula is C27H33N5O5S2. The number of hydrogen-bond acceptors (Lipinski definition) is 10. The molecule has 0 amide bonds. The third kappa shape index (κ3) is 7.27. The van der Waals surface area contributed by atoms with Crippen LogP contribution in [0.2, 0.25) is 0 Å². The quantitative estimate of drug-likeness (QED) is 0.351. The molecule has 0 bridgehead atoms. The van der Waals surface area contributed by atoms with E-state index < -0.39 is 16.4 Å². The highest BCUT2D eigenvalue weighted by atomic mass is 32.2. The molecule has 2 fully saturated rings. The maximum absolute atomic E-state index is 13.4. The second-order valence-electron chi connectivity index (χ2n) is 10.3. The fourth-order valence-electron chi connectivity index (χ4n) is 5.50. The van der Waals surface area contributed by atoms with Crippen molar-refractivity contribution in [3.05, 3.63) is 76.0 Å². The predicted octanol–water partition coefficient (Wildman–Crippen LogP) is 2.24. The lowest BCUT2D eigenvalue weighted by molar-refractivity contribution is 0.100. The molecule has 0 radical (unpaired) electrons. The number of rotatable bonds is 10. The average Bonchev–Trinajstić information content (AvgIpc) is 3.54. The molecule has 1 aromatic carbocycles. The van der Waals surface area contributed by atoms with Gasteiger partial charge in [-0.1, -0.05) is 18.2 Å². The number of benzene rings is 1. The fourth-order valence-corrected chi connectivity index (χ4v) is 6.72. The van der Waals surface area contributed by atoms with Crippen molar-refractivity contribution in [2.75, 3.05) is 37.7 Å². The van der Waals surface area contributed by atoms with Gasteiger partial charge < -0.3 is 10.0 Å². The summed E-state index contributed by atoms with van der Waals surface area (Å²) in [5.74, 6) is -0.420. The molecule has 1 aliphatic heterocycles. The number of ketones is 1. The van der Waals surface area contributed by atoms with Crippen LogP contribution in [0.4, 0.5) is 5.69 Å². The van der Waals surface area contributed by atoms with Crippen LogP contribution in [-0.2, 0) is 27.5 Å². The second kappa shape index (κ2) is 12.2. The first-order valence-electron chi connectivity index (χ1n) is 13.0. The van der Waals surface area contributed by atoms with E-state index in [2.05, 4.69) is 44.0 Å². The Morgan fingerprint density at radius 1 is 1.15 bits per heavy atom. The molecule has 208 valence electrons. The van der Waals surface area contributed by atoms with Gasteiger partial charge in [0.15, 0.2) is 0 Å². The average molecular weight is 572 g/mol. The number of nitrogens with zero attached hydrogens (tertiary/aromatic N) is 4. The summed E-state index contributed by atoms with van der Waals surface area (Å²) in [7, 11) is -4.06. The lowest BCUT2D eigenvalue weighted by Crippen LogP contribution is -2.45. The molecule has 2 aliphatic rings. The van der Waals surface area contributed by atoms with E-state index in [4.69, 9.17) is 9.32 Å². The molecule has 12 heteroatoms. The minimum atomic E-state index is -4.06. The molecule has 3 heterocycles. The minimum absolute atomic E-state index is 0.0315. The number of para-hydroxylation sites is 1. The molecule has 1 saturated carbocycles. The molecule has 0 unspecified atom stereocenters. The minimum Gasteiger partial charge on any atom is -0.393 e. The number of aromatic nitrogens is 2. The molecule has 3 aromatic rings. The van der Waals surface area contributed by atoms with Crippen LogP contribution in [0.15, 0.2) is 54.3 Å². The van der Waals surface area contributed by atoms with Gasteiger partial charge >= 0.3 is 10.3 Å². The molecule has 1 aliphatic carbocycles. The molecule has 3 N–H and O–H groups in total. The summed E-state index contributed by atoms with van der Waals surface area (Å²) in [5.41, 5.74) is 3.46. The van der Waals surface area contributed by atoms with Crippen LogP contribution < -0.4 is 10.0 Å². The van der Waals surface area contributed by atoms with Crippen molar-refractivity contribution in [1.29, 1.82) is 0 Å². The molecule has 10 nitrogen and oxygen atoms in total. The normalized spacial score (nSPS) is 22.3. The van der Waals surface area contributed by atoms with Crippen molar-refractivity contribution in [2.24, 2.45) is 17.0 Å². The second-order valence-corrected chi connectivity index (χ2v) is 12.4. The maximum atomic E-state index is 13.4. The summed E-state index contributed by atoms with van der Waals surface area (Å²) >= 11 is 1.43. The summed E-state index contributed by atoms with van der Waals surface area (Å²) in [5, 5.41) is 17.3. The summed E-state index contributed by atoms with van der Waals surface area (Å²) in [4.78, 5) is 27.4. The van der Waals surface area contributed by atoms with E-state index in [1.54, 1.807) is 6.20 Å². The van der Waals surface area contributed by atoms with Gasteiger partial charge in [0, 0.05) is 50.5 Å². The number of thiophene rings is 1.